The fourth-order valence-electron chi connectivity index (χ4n) is 2.40. The van der Waals surface area contributed by atoms with E-state index in [0.29, 0.717) is 30.6 Å². The molecular formula is C20H24ClF3N4O2. The average Bonchev–Trinajstić information content (AvgIpc) is 2.71. The second-order valence-electron chi connectivity index (χ2n) is 6.37. The summed E-state index contributed by atoms with van der Waals surface area (Å²) in [7, 11) is 0. The van der Waals surface area contributed by atoms with Crippen molar-refractivity contribution in [1.29, 1.82) is 0 Å². The van der Waals surface area contributed by atoms with Gasteiger partial charge in [0.25, 0.3) is 0 Å². The lowest BCUT2D eigenvalue weighted by atomic mass is 10.2. The molecule has 0 amide bonds. The van der Waals surface area contributed by atoms with Crippen LogP contribution in [0.25, 0.3) is 0 Å². The van der Waals surface area contributed by atoms with Crippen LogP contribution < -0.4 is 15.4 Å². The molecule has 0 aliphatic heterocycles. The van der Waals surface area contributed by atoms with Crippen molar-refractivity contribution < 1.29 is 23.0 Å². The van der Waals surface area contributed by atoms with Crippen molar-refractivity contribution >= 4 is 17.6 Å². The third kappa shape index (κ3) is 8.46. The van der Waals surface area contributed by atoms with E-state index in [1.54, 1.807) is 12.3 Å². The van der Waals surface area contributed by atoms with Crippen LogP contribution in [0.2, 0.25) is 5.15 Å². The summed E-state index contributed by atoms with van der Waals surface area (Å²) in [4.78, 5) is 8.32. The van der Waals surface area contributed by atoms with Crippen LogP contribution >= 0.6 is 11.6 Å². The molecular weight excluding hydrogens is 421 g/mol. The second kappa shape index (κ2) is 11.6. The molecule has 1 heterocycles. The van der Waals surface area contributed by atoms with Crippen LogP contribution in [0.3, 0.4) is 0 Å². The maximum atomic E-state index is 12.6. The van der Waals surface area contributed by atoms with Gasteiger partial charge in [-0.3, -0.25) is 4.99 Å². The molecule has 0 aliphatic carbocycles. The summed E-state index contributed by atoms with van der Waals surface area (Å²) in [5, 5.41) is 16.7. The molecule has 2 rings (SSSR count). The van der Waals surface area contributed by atoms with Gasteiger partial charge >= 0.3 is 6.18 Å². The van der Waals surface area contributed by atoms with Gasteiger partial charge in [-0.1, -0.05) is 17.7 Å². The number of alkyl halides is 3. The minimum atomic E-state index is -4.40. The minimum absolute atomic E-state index is 0.0679. The minimum Gasteiger partial charge on any atom is -0.491 e. The van der Waals surface area contributed by atoms with Crippen molar-refractivity contribution in [2.24, 2.45) is 4.99 Å². The Morgan fingerprint density at radius 2 is 1.93 bits per heavy atom. The maximum Gasteiger partial charge on any atom is 0.416 e. The molecule has 2 aromatic rings. The fourth-order valence-corrected chi connectivity index (χ4v) is 2.52. The molecule has 0 bridgehead atoms. The molecule has 164 valence electrons. The van der Waals surface area contributed by atoms with Crippen LogP contribution in [-0.4, -0.2) is 48.4 Å². The van der Waals surface area contributed by atoms with Gasteiger partial charge < -0.3 is 20.5 Å². The predicted octanol–water partition coefficient (Wildman–Crippen LogP) is 3.29. The first-order valence-corrected chi connectivity index (χ1v) is 9.76. The van der Waals surface area contributed by atoms with E-state index >= 15 is 0 Å². The lowest BCUT2D eigenvalue weighted by Gasteiger charge is -2.14. The highest BCUT2D eigenvalue weighted by atomic mass is 35.5. The zero-order valence-electron chi connectivity index (χ0n) is 16.4. The van der Waals surface area contributed by atoms with Crippen molar-refractivity contribution in [2.75, 3.05) is 26.2 Å². The molecule has 30 heavy (non-hydrogen) atoms. The van der Waals surface area contributed by atoms with Crippen molar-refractivity contribution in [3.63, 3.8) is 0 Å². The highest BCUT2D eigenvalue weighted by Crippen LogP contribution is 2.30. The lowest BCUT2D eigenvalue weighted by molar-refractivity contribution is -0.137. The van der Waals surface area contributed by atoms with Crippen LogP contribution in [0.5, 0.6) is 5.75 Å². The quantitative estimate of drug-likeness (QED) is 0.314. The first kappa shape index (κ1) is 23.8. The fraction of sp³-hybridized carbons (Fsp3) is 0.400. The molecule has 1 atom stereocenters. The van der Waals surface area contributed by atoms with Gasteiger partial charge in [0.2, 0.25) is 0 Å². The summed E-state index contributed by atoms with van der Waals surface area (Å²) in [5.74, 6) is 0.778. The largest absolute Gasteiger partial charge is 0.491 e. The molecule has 3 N–H and O–H groups in total. The number of hydrogen-bond acceptors (Lipinski definition) is 4. The SMILES string of the molecule is CCNC(=NCC(O)COc1ccc(C(F)(F)F)cc1)NCCc1ccc(Cl)nc1. The van der Waals surface area contributed by atoms with Crippen LogP contribution in [0.15, 0.2) is 47.6 Å². The van der Waals surface area contributed by atoms with Gasteiger partial charge in [0.15, 0.2) is 5.96 Å². The van der Waals surface area contributed by atoms with Crippen LogP contribution in [-0.2, 0) is 12.6 Å². The van der Waals surface area contributed by atoms with Gasteiger partial charge in [-0.15, -0.1) is 0 Å². The van der Waals surface area contributed by atoms with E-state index < -0.39 is 17.8 Å². The lowest BCUT2D eigenvalue weighted by Crippen LogP contribution is -2.39. The number of nitrogens with one attached hydrogen (secondary N) is 2. The number of pyridine rings is 1. The van der Waals surface area contributed by atoms with Gasteiger partial charge in [-0.25, -0.2) is 4.98 Å². The third-order valence-corrected chi connectivity index (χ3v) is 4.15. The predicted molar refractivity (Wildman–Crippen MR) is 110 cm³/mol. The van der Waals surface area contributed by atoms with Gasteiger partial charge in [-0.05, 0) is 49.2 Å². The number of aliphatic hydroxyl groups excluding tert-OH is 1. The molecule has 1 aromatic carbocycles. The smallest absolute Gasteiger partial charge is 0.416 e. The molecule has 0 saturated carbocycles. The van der Waals surface area contributed by atoms with Crippen molar-refractivity contribution in [1.82, 2.24) is 15.6 Å². The third-order valence-electron chi connectivity index (χ3n) is 3.92. The van der Waals surface area contributed by atoms with Gasteiger partial charge in [0.05, 0.1) is 12.1 Å². The Hall–Kier alpha value is -2.52. The Bertz CT molecular complexity index is 799. The molecule has 0 spiro atoms. The summed E-state index contributed by atoms with van der Waals surface area (Å²) < 4.78 is 43.0. The highest BCUT2D eigenvalue weighted by Gasteiger charge is 2.30. The summed E-state index contributed by atoms with van der Waals surface area (Å²) >= 11 is 5.76. The van der Waals surface area contributed by atoms with Crippen molar-refractivity contribution in [2.45, 2.75) is 25.6 Å². The molecule has 1 unspecified atom stereocenters. The molecule has 6 nitrogen and oxygen atoms in total. The Balaban J connectivity index is 1.78. The number of hydrogen-bond donors (Lipinski definition) is 3. The normalized spacial score (nSPS) is 13.1. The van der Waals surface area contributed by atoms with Gasteiger partial charge in [-0.2, -0.15) is 13.2 Å². The van der Waals surface area contributed by atoms with E-state index in [9.17, 15) is 18.3 Å². The highest BCUT2D eigenvalue weighted by molar-refractivity contribution is 6.29. The Morgan fingerprint density at radius 1 is 1.20 bits per heavy atom. The van der Waals surface area contributed by atoms with E-state index in [4.69, 9.17) is 16.3 Å². The van der Waals surface area contributed by atoms with Crippen molar-refractivity contribution in [3.05, 3.63) is 58.9 Å². The first-order valence-electron chi connectivity index (χ1n) is 9.38. The molecule has 1 aromatic heterocycles. The molecule has 0 radical (unpaired) electrons. The number of benzene rings is 1. The Kier molecular flexibility index (Phi) is 9.19. The second-order valence-corrected chi connectivity index (χ2v) is 6.76. The van der Waals surface area contributed by atoms with E-state index in [0.717, 1.165) is 17.7 Å². The number of rotatable bonds is 9. The van der Waals surface area contributed by atoms with Crippen LogP contribution in [0.4, 0.5) is 13.2 Å². The summed E-state index contributed by atoms with van der Waals surface area (Å²) in [6.45, 7) is 3.15. The van der Waals surface area contributed by atoms with Crippen LogP contribution in [0.1, 0.15) is 18.1 Å². The van der Waals surface area contributed by atoms with Crippen molar-refractivity contribution in [3.8, 4) is 5.75 Å². The number of nitrogens with zero attached hydrogens (tertiary/aromatic N) is 2. The van der Waals surface area contributed by atoms with E-state index in [2.05, 4.69) is 20.6 Å². The zero-order valence-corrected chi connectivity index (χ0v) is 17.2. The summed E-state index contributed by atoms with van der Waals surface area (Å²) in [6, 6.07) is 7.92. The first-order chi connectivity index (χ1) is 14.3. The number of aliphatic hydroxyl groups is 1. The molecule has 0 fully saturated rings. The summed E-state index contributed by atoms with van der Waals surface area (Å²) in [6.07, 6.45) is -2.89. The number of aromatic nitrogens is 1. The summed E-state index contributed by atoms with van der Waals surface area (Å²) in [5.41, 5.74) is 0.267. The van der Waals surface area contributed by atoms with E-state index in [1.807, 2.05) is 13.0 Å². The molecule has 0 saturated heterocycles. The van der Waals surface area contributed by atoms with Gasteiger partial charge in [0, 0.05) is 19.3 Å². The number of guanidine groups is 1. The molecule has 10 heteroatoms. The molecule has 0 aliphatic rings. The van der Waals surface area contributed by atoms with Crippen LogP contribution in [0, 0.1) is 0 Å². The van der Waals surface area contributed by atoms with Gasteiger partial charge in [0.1, 0.15) is 23.6 Å². The maximum absolute atomic E-state index is 12.6. The standard InChI is InChI=1S/C20H24ClF3N4O2/c1-2-25-19(26-10-9-14-3-8-18(21)27-11-14)28-12-16(29)13-30-17-6-4-15(5-7-17)20(22,23)24/h3-8,11,16,29H,2,9-10,12-13H2,1H3,(H2,25,26,28). The number of aliphatic imine (C=N–C) groups is 1. The number of halogens is 4. The topological polar surface area (TPSA) is 78.8 Å². The number of ether oxygens (including phenoxy) is 1. The zero-order chi connectivity index (χ0) is 22.0. The Morgan fingerprint density at radius 3 is 2.53 bits per heavy atom. The monoisotopic (exact) mass is 444 g/mol. The average molecular weight is 445 g/mol. The van der Waals surface area contributed by atoms with E-state index in [1.165, 1.54) is 12.1 Å². The Labute approximate surface area is 178 Å². The van der Waals surface area contributed by atoms with E-state index in [-0.39, 0.29) is 18.9 Å².